The third-order valence-electron chi connectivity index (χ3n) is 2.01. The summed E-state index contributed by atoms with van der Waals surface area (Å²) in [6.07, 6.45) is 0. The topological polar surface area (TPSA) is 79.0 Å². The number of rotatable bonds is 0. The van der Waals surface area contributed by atoms with Crippen molar-refractivity contribution in [3.05, 3.63) is 22.7 Å². The number of hydrogen-bond acceptors (Lipinski definition) is 5. The van der Waals surface area contributed by atoms with Crippen LogP contribution in [0.1, 0.15) is 0 Å². The van der Waals surface area contributed by atoms with Gasteiger partial charge in [-0.25, -0.2) is 0 Å². The van der Waals surface area contributed by atoms with Crippen LogP contribution in [0.3, 0.4) is 0 Å². The van der Waals surface area contributed by atoms with Crippen LogP contribution in [0.25, 0.3) is 16.7 Å². The van der Waals surface area contributed by atoms with Crippen molar-refractivity contribution >= 4 is 32.6 Å². The smallest absolute Gasteiger partial charge is 0.401 e. The Bertz CT molecular complexity index is 666. The van der Waals surface area contributed by atoms with Crippen molar-refractivity contribution in [2.75, 3.05) is 0 Å². The van der Waals surface area contributed by atoms with Gasteiger partial charge in [0.2, 0.25) is 0 Å². The number of benzene rings is 1. The van der Waals surface area contributed by atoms with Crippen LogP contribution in [0, 0.1) is 0 Å². The number of hydrogen-bond donors (Lipinski definition) is 0. The van der Waals surface area contributed by atoms with Crippen LogP contribution >= 0.6 is 15.9 Å². The summed E-state index contributed by atoms with van der Waals surface area (Å²) < 4.78 is 6.70. The van der Waals surface area contributed by atoms with E-state index < -0.39 is 5.95 Å². The molecule has 0 unspecified atom stereocenters. The van der Waals surface area contributed by atoms with E-state index in [0.717, 1.165) is 4.47 Å². The molecule has 0 atom stereocenters. The monoisotopic (exact) mass is 266 g/mol. The second-order valence-corrected chi connectivity index (χ2v) is 3.84. The standard InChI is InChI=1S/C8H3BrN4O2/c9-4-1-2-5-6(3-4)13-7(11-10-5)8(14)15-12-13/h1-3H. The molecule has 0 saturated carbocycles. The van der Waals surface area contributed by atoms with Crippen LogP contribution in [0.2, 0.25) is 0 Å². The molecule has 3 aromatic rings. The van der Waals surface area contributed by atoms with Crippen molar-refractivity contribution in [1.29, 1.82) is 0 Å². The molecule has 1 aromatic carbocycles. The number of halogens is 1. The molecular formula is C8H3BrN4O2. The van der Waals surface area contributed by atoms with Gasteiger partial charge >= 0.3 is 5.65 Å². The van der Waals surface area contributed by atoms with Crippen LogP contribution in [0.15, 0.2) is 27.2 Å². The van der Waals surface area contributed by atoms with Crippen LogP contribution in [0.5, 0.6) is 5.95 Å². The minimum atomic E-state index is -0.593. The predicted molar refractivity (Wildman–Crippen MR) is 49.9 cm³/mol. The van der Waals surface area contributed by atoms with Gasteiger partial charge in [0.25, 0.3) is 0 Å². The van der Waals surface area contributed by atoms with Crippen molar-refractivity contribution in [1.82, 2.24) is 15.5 Å². The van der Waals surface area contributed by atoms with Gasteiger partial charge in [0.05, 0.1) is 5.10 Å². The first-order valence-corrected chi connectivity index (χ1v) is 4.86. The van der Waals surface area contributed by atoms with Crippen LogP contribution < -0.4 is 9.62 Å². The molecule has 15 heavy (non-hydrogen) atoms. The average Bonchev–Trinajstić information content (AvgIpc) is 2.61. The summed E-state index contributed by atoms with van der Waals surface area (Å²) in [4.78, 5) is 0. The van der Waals surface area contributed by atoms with Crippen molar-refractivity contribution in [3.8, 4) is 5.95 Å². The lowest BCUT2D eigenvalue weighted by molar-refractivity contribution is -0.570. The molecule has 2 heterocycles. The average molecular weight is 267 g/mol. The lowest BCUT2D eigenvalue weighted by Crippen LogP contribution is -2.26. The van der Waals surface area contributed by atoms with E-state index in [2.05, 4.69) is 35.9 Å². The van der Waals surface area contributed by atoms with E-state index in [1.165, 1.54) is 4.52 Å². The van der Waals surface area contributed by atoms with E-state index in [0.29, 0.717) is 11.0 Å². The van der Waals surface area contributed by atoms with Gasteiger partial charge in [-0.3, -0.25) is 0 Å². The Morgan fingerprint density at radius 1 is 1.33 bits per heavy atom. The summed E-state index contributed by atoms with van der Waals surface area (Å²) in [6.45, 7) is 0. The van der Waals surface area contributed by atoms with Gasteiger partial charge in [0.15, 0.2) is 17.0 Å². The molecule has 0 N–H and O–H groups in total. The van der Waals surface area contributed by atoms with Gasteiger partial charge < -0.3 is 9.63 Å². The van der Waals surface area contributed by atoms with E-state index in [4.69, 9.17) is 0 Å². The highest BCUT2D eigenvalue weighted by molar-refractivity contribution is 9.10. The summed E-state index contributed by atoms with van der Waals surface area (Å²) in [7, 11) is 0. The van der Waals surface area contributed by atoms with Crippen LogP contribution in [-0.4, -0.2) is 15.5 Å². The highest BCUT2D eigenvalue weighted by Crippen LogP contribution is 2.16. The minimum absolute atomic E-state index is 0.0839. The molecule has 7 heteroatoms. The third kappa shape index (κ3) is 1.16. The van der Waals surface area contributed by atoms with Gasteiger partial charge in [-0.15, -0.1) is 0 Å². The Kier molecular flexibility index (Phi) is 1.63. The summed E-state index contributed by atoms with van der Waals surface area (Å²) in [6, 6.07) is 5.40. The third-order valence-corrected chi connectivity index (χ3v) is 2.50. The van der Waals surface area contributed by atoms with E-state index >= 15 is 0 Å². The first kappa shape index (κ1) is 8.54. The minimum Gasteiger partial charge on any atom is -0.537 e. The Balaban J connectivity index is 2.57. The van der Waals surface area contributed by atoms with Gasteiger partial charge in [-0.05, 0) is 22.5 Å². The zero-order valence-corrected chi connectivity index (χ0v) is 8.80. The number of aromatic nitrogens is 4. The Morgan fingerprint density at radius 2 is 2.20 bits per heavy atom. The van der Waals surface area contributed by atoms with E-state index in [1.807, 2.05) is 6.07 Å². The molecular weight excluding hydrogens is 264 g/mol. The second-order valence-electron chi connectivity index (χ2n) is 2.93. The van der Waals surface area contributed by atoms with Crippen molar-refractivity contribution in [2.45, 2.75) is 0 Å². The highest BCUT2D eigenvalue weighted by atomic mass is 79.9. The number of fused-ring (bicyclic) bond motifs is 3. The summed E-state index contributed by atoms with van der Waals surface area (Å²) in [5.74, 6) is -0.593. The van der Waals surface area contributed by atoms with Crippen molar-refractivity contribution in [2.24, 2.45) is 0 Å². The molecule has 0 saturated heterocycles. The Morgan fingerprint density at radius 3 is 3.07 bits per heavy atom. The zero-order valence-electron chi connectivity index (χ0n) is 7.22. The van der Waals surface area contributed by atoms with Crippen LogP contribution in [0.4, 0.5) is 0 Å². The molecule has 0 spiro atoms. The largest absolute Gasteiger partial charge is 0.537 e. The first-order chi connectivity index (χ1) is 7.25. The normalized spacial score (nSPS) is 11.3. The molecule has 6 nitrogen and oxygen atoms in total. The van der Waals surface area contributed by atoms with Crippen LogP contribution in [-0.2, 0) is 0 Å². The Labute approximate surface area is 91.2 Å². The maximum Gasteiger partial charge on any atom is 0.401 e. The zero-order chi connectivity index (χ0) is 10.4. The predicted octanol–water partition coefficient (Wildman–Crippen LogP) is 0.193. The fraction of sp³-hybridized carbons (Fsp3) is 0. The van der Waals surface area contributed by atoms with E-state index in [9.17, 15) is 5.11 Å². The lowest BCUT2D eigenvalue weighted by atomic mass is 10.3. The SMILES string of the molecule is [O-]c1on[n+]2c1nnc1ccc(Br)cc12. The summed E-state index contributed by atoms with van der Waals surface area (Å²) in [5, 5.41) is 22.4. The summed E-state index contributed by atoms with van der Waals surface area (Å²) >= 11 is 3.33. The maximum absolute atomic E-state index is 11.1. The number of nitrogens with zero attached hydrogens (tertiary/aromatic N) is 4. The second kappa shape index (κ2) is 2.86. The fourth-order valence-electron chi connectivity index (χ4n) is 1.34. The molecule has 3 rings (SSSR count). The molecule has 0 aliphatic heterocycles. The van der Waals surface area contributed by atoms with Crippen molar-refractivity contribution in [3.63, 3.8) is 0 Å². The van der Waals surface area contributed by atoms with E-state index in [-0.39, 0.29) is 5.65 Å². The van der Waals surface area contributed by atoms with Gasteiger partial charge in [-0.1, -0.05) is 20.4 Å². The van der Waals surface area contributed by atoms with Crippen molar-refractivity contribution < 1.29 is 14.1 Å². The highest BCUT2D eigenvalue weighted by Gasteiger charge is 2.15. The summed E-state index contributed by atoms with van der Waals surface area (Å²) in [5.41, 5.74) is 1.39. The molecule has 2 aromatic heterocycles. The molecule has 74 valence electrons. The molecule has 0 bridgehead atoms. The maximum atomic E-state index is 11.1. The fourth-order valence-corrected chi connectivity index (χ4v) is 1.69. The lowest BCUT2D eigenvalue weighted by Gasteiger charge is -1.91. The molecule has 0 radical (unpaired) electrons. The van der Waals surface area contributed by atoms with E-state index in [1.54, 1.807) is 12.1 Å². The first-order valence-electron chi connectivity index (χ1n) is 4.06. The molecule has 0 fully saturated rings. The van der Waals surface area contributed by atoms with Gasteiger partial charge in [0.1, 0.15) is 0 Å². The Hall–Kier alpha value is -1.76. The quantitative estimate of drug-likeness (QED) is 0.543. The molecule has 0 aliphatic rings. The van der Waals surface area contributed by atoms with Gasteiger partial charge in [0, 0.05) is 10.5 Å². The van der Waals surface area contributed by atoms with Gasteiger partial charge in [-0.2, -0.15) is 0 Å². The molecule has 0 aliphatic carbocycles. The molecule has 0 amide bonds.